The van der Waals surface area contributed by atoms with E-state index in [1.807, 2.05) is 0 Å². The Morgan fingerprint density at radius 2 is 1.90 bits per heavy atom. The average molecular weight is 417 g/mol. The van der Waals surface area contributed by atoms with Crippen LogP contribution in [0, 0.1) is 16.0 Å². The molecule has 1 amide bonds. The summed E-state index contributed by atoms with van der Waals surface area (Å²) in [4.78, 5) is 33.5. The number of hydrogen-bond donors (Lipinski definition) is 2. The van der Waals surface area contributed by atoms with E-state index in [0.29, 0.717) is 24.6 Å². The van der Waals surface area contributed by atoms with Crippen molar-refractivity contribution in [3.05, 3.63) is 33.9 Å². The second-order valence-corrected chi connectivity index (χ2v) is 6.81. The van der Waals surface area contributed by atoms with E-state index in [0.717, 1.165) is 31.7 Å². The zero-order valence-corrected chi connectivity index (χ0v) is 15.6. The first kappa shape index (κ1) is 22.4. The van der Waals surface area contributed by atoms with Gasteiger partial charge in [0.15, 0.2) is 6.61 Å². The first-order valence-corrected chi connectivity index (χ1v) is 9.18. The van der Waals surface area contributed by atoms with Gasteiger partial charge in [-0.2, -0.15) is 13.2 Å². The third kappa shape index (κ3) is 7.24. The number of rotatable bonds is 8. The summed E-state index contributed by atoms with van der Waals surface area (Å²) in [6.07, 6.45) is 0.847. The molecule has 0 radical (unpaired) electrons. The highest BCUT2D eigenvalue weighted by Gasteiger charge is 2.33. The molecule has 29 heavy (non-hydrogen) atoms. The maximum atomic E-state index is 12.7. The van der Waals surface area contributed by atoms with Gasteiger partial charge in [-0.15, -0.1) is 0 Å². The van der Waals surface area contributed by atoms with E-state index in [4.69, 9.17) is 4.74 Å². The van der Waals surface area contributed by atoms with Gasteiger partial charge in [0.25, 0.3) is 11.6 Å². The smallest absolute Gasteiger partial charge is 0.416 e. The monoisotopic (exact) mass is 417 g/mol. The van der Waals surface area contributed by atoms with Crippen LogP contribution in [0.1, 0.15) is 37.7 Å². The molecule has 2 rings (SSSR count). The van der Waals surface area contributed by atoms with Crippen LogP contribution < -0.4 is 10.6 Å². The molecule has 0 aliphatic heterocycles. The predicted molar refractivity (Wildman–Crippen MR) is 97.1 cm³/mol. The van der Waals surface area contributed by atoms with Crippen molar-refractivity contribution in [3.63, 3.8) is 0 Å². The lowest BCUT2D eigenvalue weighted by Gasteiger charge is -2.21. The van der Waals surface area contributed by atoms with E-state index in [2.05, 4.69) is 10.6 Å². The lowest BCUT2D eigenvalue weighted by Crippen LogP contribution is -2.34. The van der Waals surface area contributed by atoms with Gasteiger partial charge in [-0.25, -0.2) is 0 Å². The predicted octanol–water partition coefficient (Wildman–Crippen LogP) is 3.27. The number of alkyl halides is 3. The highest BCUT2D eigenvalue weighted by Crippen LogP contribution is 2.34. The Hall–Kier alpha value is -2.85. The molecule has 0 aromatic heterocycles. The highest BCUT2D eigenvalue weighted by atomic mass is 19.4. The summed E-state index contributed by atoms with van der Waals surface area (Å²) < 4.78 is 42.8. The minimum absolute atomic E-state index is 0.262. The number of halogens is 3. The number of nitro groups is 1. The molecule has 2 N–H and O–H groups in total. The Balaban J connectivity index is 1.79. The van der Waals surface area contributed by atoms with Gasteiger partial charge in [0.2, 0.25) is 0 Å². The summed E-state index contributed by atoms with van der Waals surface area (Å²) >= 11 is 0. The van der Waals surface area contributed by atoms with Crippen LogP contribution in [0.3, 0.4) is 0 Å². The molecule has 0 atom stereocenters. The number of ether oxygens (including phenoxy) is 1. The number of esters is 1. The Labute approximate surface area is 164 Å². The van der Waals surface area contributed by atoms with Crippen LogP contribution in [-0.4, -0.2) is 36.5 Å². The van der Waals surface area contributed by atoms with Gasteiger partial charge in [-0.05, 0) is 30.9 Å². The summed E-state index contributed by atoms with van der Waals surface area (Å²) in [5.41, 5.74) is -2.26. The van der Waals surface area contributed by atoms with Crippen LogP contribution in [0.15, 0.2) is 18.2 Å². The summed E-state index contributed by atoms with van der Waals surface area (Å²) in [6.45, 7) is -0.517. The fraction of sp³-hybridized carbons (Fsp3) is 0.556. The van der Waals surface area contributed by atoms with Gasteiger partial charge in [0, 0.05) is 12.6 Å². The molecule has 0 unspecified atom stereocenters. The van der Waals surface area contributed by atoms with Crippen LogP contribution in [0.5, 0.6) is 0 Å². The molecular formula is C18H22F3N3O5. The molecule has 0 spiro atoms. The molecule has 1 aliphatic carbocycles. The Morgan fingerprint density at radius 1 is 1.21 bits per heavy atom. The molecule has 1 aliphatic rings. The third-order valence-electron chi connectivity index (χ3n) is 4.62. The van der Waals surface area contributed by atoms with E-state index < -0.39 is 47.4 Å². The van der Waals surface area contributed by atoms with Gasteiger partial charge in [0.1, 0.15) is 12.2 Å². The molecule has 160 valence electrons. The fourth-order valence-electron chi connectivity index (χ4n) is 3.07. The number of nitro benzene ring substituents is 1. The summed E-state index contributed by atoms with van der Waals surface area (Å²) in [5, 5.41) is 16.1. The van der Waals surface area contributed by atoms with E-state index in [9.17, 15) is 32.9 Å². The molecule has 1 saturated carbocycles. The number of nitrogens with one attached hydrogen (secondary N) is 2. The van der Waals surface area contributed by atoms with Gasteiger partial charge in [-0.3, -0.25) is 19.7 Å². The molecule has 11 heteroatoms. The highest BCUT2D eigenvalue weighted by molar-refractivity contribution is 5.82. The number of benzene rings is 1. The SMILES string of the molecule is O=C(COC(=O)CNc1ccc(C(F)(F)F)cc1[N+](=O)[O-])NCC1CCCCC1. The number of amides is 1. The van der Waals surface area contributed by atoms with Crippen LogP contribution in [0.4, 0.5) is 24.5 Å². The number of carbonyl (C=O) groups is 2. The first-order chi connectivity index (χ1) is 13.7. The van der Waals surface area contributed by atoms with Crippen molar-refractivity contribution in [1.29, 1.82) is 0 Å². The molecule has 1 fully saturated rings. The number of anilines is 1. The lowest BCUT2D eigenvalue weighted by molar-refractivity contribution is -0.384. The van der Waals surface area contributed by atoms with Crippen molar-refractivity contribution in [2.45, 2.75) is 38.3 Å². The van der Waals surface area contributed by atoms with E-state index in [-0.39, 0.29) is 5.69 Å². The summed E-state index contributed by atoms with van der Waals surface area (Å²) in [5.74, 6) is -0.901. The molecule has 1 aromatic rings. The van der Waals surface area contributed by atoms with Crippen LogP contribution in [-0.2, 0) is 20.5 Å². The maximum Gasteiger partial charge on any atom is 0.416 e. The van der Waals surface area contributed by atoms with Crippen molar-refractivity contribution in [2.24, 2.45) is 5.92 Å². The fourth-order valence-corrected chi connectivity index (χ4v) is 3.07. The topological polar surface area (TPSA) is 111 Å². The Bertz CT molecular complexity index is 749. The minimum atomic E-state index is -4.73. The van der Waals surface area contributed by atoms with Crippen LogP contribution in [0.2, 0.25) is 0 Å². The van der Waals surface area contributed by atoms with Crippen molar-refractivity contribution in [1.82, 2.24) is 5.32 Å². The maximum absolute atomic E-state index is 12.7. The quantitative estimate of drug-likeness (QED) is 0.382. The van der Waals surface area contributed by atoms with Gasteiger partial charge in [-0.1, -0.05) is 19.3 Å². The van der Waals surface area contributed by atoms with Gasteiger partial charge >= 0.3 is 12.1 Å². The summed E-state index contributed by atoms with van der Waals surface area (Å²) in [6, 6.07) is 1.91. The zero-order valence-electron chi connectivity index (χ0n) is 15.6. The van der Waals surface area contributed by atoms with Crippen LogP contribution in [0.25, 0.3) is 0 Å². The Morgan fingerprint density at radius 3 is 2.52 bits per heavy atom. The minimum Gasteiger partial charge on any atom is -0.454 e. The number of nitrogens with zero attached hydrogens (tertiary/aromatic N) is 1. The molecular weight excluding hydrogens is 395 g/mol. The molecule has 0 saturated heterocycles. The standard InChI is InChI=1S/C18H22F3N3O5/c19-18(20,21)13-6-7-14(15(8-13)24(27)28)22-10-17(26)29-11-16(25)23-9-12-4-2-1-3-5-12/h6-8,12,22H,1-5,9-11H2,(H,23,25). The molecule has 0 bridgehead atoms. The molecule has 1 aromatic carbocycles. The summed E-state index contributed by atoms with van der Waals surface area (Å²) in [7, 11) is 0. The van der Waals surface area contributed by atoms with Crippen molar-refractivity contribution >= 4 is 23.3 Å². The average Bonchev–Trinajstić information content (AvgIpc) is 2.69. The Kier molecular flexibility index (Phi) is 7.80. The number of carbonyl (C=O) groups excluding carboxylic acids is 2. The van der Waals surface area contributed by atoms with E-state index in [1.165, 1.54) is 6.42 Å². The second-order valence-electron chi connectivity index (χ2n) is 6.81. The number of hydrogen-bond acceptors (Lipinski definition) is 6. The van der Waals surface area contributed by atoms with E-state index >= 15 is 0 Å². The zero-order chi connectivity index (χ0) is 21.4. The van der Waals surface area contributed by atoms with Crippen molar-refractivity contribution in [3.8, 4) is 0 Å². The van der Waals surface area contributed by atoms with Gasteiger partial charge in [0.05, 0.1) is 10.5 Å². The van der Waals surface area contributed by atoms with Crippen LogP contribution >= 0.6 is 0 Å². The molecule has 8 nitrogen and oxygen atoms in total. The lowest BCUT2D eigenvalue weighted by atomic mass is 9.89. The first-order valence-electron chi connectivity index (χ1n) is 9.18. The normalized spacial score (nSPS) is 14.9. The largest absolute Gasteiger partial charge is 0.454 e. The second kappa shape index (κ2) is 10.1. The van der Waals surface area contributed by atoms with E-state index in [1.54, 1.807) is 0 Å². The molecule has 0 heterocycles. The van der Waals surface area contributed by atoms with Crippen molar-refractivity contribution < 1.29 is 32.4 Å². The van der Waals surface area contributed by atoms with Gasteiger partial charge < -0.3 is 15.4 Å². The van der Waals surface area contributed by atoms with Crippen molar-refractivity contribution in [2.75, 3.05) is 25.0 Å². The third-order valence-corrected chi connectivity index (χ3v) is 4.62.